The second-order valence-corrected chi connectivity index (χ2v) is 4.83. The van der Waals surface area contributed by atoms with Crippen LogP contribution in [0.3, 0.4) is 0 Å². The van der Waals surface area contributed by atoms with Crippen LogP contribution >= 0.6 is 0 Å². The van der Waals surface area contributed by atoms with Crippen LogP contribution in [-0.2, 0) is 7.05 Å². The first-order chi connectivity index (χ1) is 11.0. The van der Waals surface area contributed by atoms with Crippen molar-refractivity contribution < 1.29 is 14.1 Å². The van der Waals surface area contributed by atoms with Crippen molar-refractivity contribution in [1.82, 2.24) is 9.99 Å². The fourth-order valence-electron chi connectivity index (χ4n) is 2.08. The Bertz CT molecular complexity index is 923. The summed E-state index contributed by atoms with van der Waals surface area (Å²) in [6, 6.07) is 9.27. The molecule has 0 radical (unpaired) electrons. The van der Waals surface area contributed by atoms with Crippen LogP contribution in [0.1, 0.15) is 16.2 Å². The number of nitro groups is 1. The van der Waals surface area contributed by atoms with E-state index < -0.39 is 10.8 Å². The van der Waals surface area contributed by atoms with Gasteiger partial charge in [-0.15, -0.1) is 0 Å². The minimum atomic E-state index is -0.533. The number of aromatic nitrogens is 1. The summed E-state index contributed by atoms with van der Waals surface area (Å²) in [7, 11) is 1.86. The van der Waals surface area contributed by atoms with Gasteiger partial charge in [0.05, 0.1) is 16.8 Å². The van der Waals surface area contributed by atoms with E-state index >= 15 is 0 Å². The fraction of sp³-hybridized carbons (Fsp3) is 0.0667. The molecular formula is C15H12N4O4. The molecular weight excluding hydrogens is 300 g/mol. The lowest BCUT2D eigenvalue weighted by Gasteiger charge is -1.96. The van der Waals surface area contributed by atoms with Crippen LogP contribution in [0.5, 0.6) is 0 Å². The lowest BCUT2D eigenvalue weighted by Crippen LogP contribution is -2.17. The van der Waals surface area contributed by atoms with Crippen molar-refractivity contribution in [2.75, 3.05) is 0 Å². The van der Waals surface area contributed by atoms with Crippen LogP contribution in [0.4, 0.5) is 5.69 Å². The predicted molar refractivity (Wildman–Crippen MR) is 83.3 cm³/mol. The smallest absolute Gasteiger partial charge is 0.307 e. The molecule has 0 aliphatic carbocycles. The van der Waals surface area contributed by atoms with Gasteiger partial charge in [0.1, 0.15) is 5.58 Å². The first-order valence-corrected chi connectivity index (χ1v) is 6.67. The Morgan fingerprint density at radius 3 is 2.91 bits per heavy atom. The Morgan fingerprint density at radius 2 is 2.22 bits per heavy atom. The van der Waals surface area contributed by atoms with E-state index in [4.69, 9.17) is 4.42 Å². The van der Waals surface area contributed by atoms with E-state index in [9.17, 15) is 14.9 Å². The number of nitrogens with zero attached hydrogens (tertiary/aromatic N) is 3. The van der Waals surface area contributed by atoms with Crippen molar-refractivity contribution in [3.05, 3.63) is 64.2 Å². The quantitative estimate of drug-likeness (QED) is 0.454. The summed E-state index contributed by atoms with van der Waals surface area (Å²) in [4.78, 5) is 22.2. The Morgan fingerprint density at radius 1 is 1.39 bits per heavy atom. The van der Waals surface area contributed by atoms with E-state index in [0.717, 1.165) is 5.69 Å². The Balaban J connectivity index is 1.77. The molecule has 8 heteroatoms. The second kappa shape index (κ2) is 5.76. The largest absolute Gasteiger partial charge is 0.451 e. The first kappa shape index (κ1) is 14.5. The zero-order chi connectivity index (χ0) is 16.4. The summed E-state index contributed by atoms with van der Waals surface area (Å²) < 4.78 is 7.21. The molecule has 0 aliphatic heterocycles. The highest BCUT2D eigenvalue weighted by atomic mass is 16.6. The Hall–Kier alpha value is -3.42. The first-order valence-electron chi connectivity index (χ1n) is 6.67. The number of nitro benzene ring substituents is 1. The average Bonchev–Trinajstić information content (AvgIpc) is 3.12. The van der Waals surface area contributed by atoms with Gasteiger partial charge in [0.15, 0.2) is 5.76 Å². The summed E-state index contributed by atoms with van der Waals surface area (Å²) >= 11 is 0. The monoisotopic (exact) mass is 312 g/mol. The van der Waals surface area contributed by atoms with Crippen molar-refractivity contribution >= 4 is 28.8 Å². The number of amides is 1. The molecule has 1 amide bonds. The molecule has 8 nitrogen and oxygen atoms in total. The van der Waals surface area contributed by atoms with E-state index in [1.807, 2.05) is 29.9 Å². The molecule has 0 bridgehead atoms. The van der Waals surface area contributed by atoms with E-state index in [-0.39, 0.29) is 11.4 Å². The van der Waals surface area contributed by atoms with Crippen molar-refractivity contribution in [3.63, 3.8) is 0 Å². The van der Waals surface area contributed by atoms with Crippen LogP contribution in [0.25, 0.3) is 11.0 Å². The molecule has 3 aromatic rings. The minimum Gasteiger partial charge on any atom is -0.451 e. The number of hydrogen-bond acceptors (Lipinski definition) is 5. The third-order valence-electron chi connectivity index (χ3n) is 3.28. The van der Waals surface area contributed by atoms with Crippen LogP contribution in [0.2, 0.25) is 0 Å². The number of hydrazone groups is 1. The minimum absolute atomic E-state index is 0.0320. The summed E-state index contributed by atoms with van der Waals surface area (Å²) in [6.07, 6.45) is 3.36. The van der Waals surface area contributed by atoms with Gasteiger partial charge in [0.25, 0.3) is 5.69 Å². The number of carbonyl (C=O) groups excluding carboxylic acids is 1. The van der Waals surface area contributed by atoms with Crippen molar-refractivity contribution in [2.45, 2.75) is 0 Å². The molecule has 0 saturated carbocycles. The maximum atomic E-state index is 12.0. The van der Waals surface area contributed by atoms with Crippen molar-refractivity contribution in [3.8, 4) is 0 Å². The maximum Gasteiger partial charge on any atom is 0.307 e. The lowest BCUT2D eigenvalue weighted by atomic mass is 10.2. The molecule has 0 atom stereocenters. The molecule has 0 unspecified atom stereocenters. The summed E-state index contributed by atoms with van der Waals surface area (Å²) in [5, 5.41) is 15.1. The molecule has 23 heavy (non-hydrogen) atoms. The average molecular weight is 312 g/mol. The standard InChI is InChI=1S/C15H12N4O4/c1-18-6-2-3-12(18)9-16-17-15(20)14-8-10-7-11(19(21)22)4-5-13(10)23-14/h2-9H,1H3,(H,17,20)/b16-9-. The molecule has 1 aromatic carbocycles. The maximum absolute atomic E-state index is 12.0. The second-order valence-electron chi connectivity index (χ2n) is 4.83. The zero-order valence-electron chi connectivity index (χ0n) is 12.1. The van der Waals surface area contributed by atoms with Gasteiger partial charge in [-0.25, -0.2) is 5.43 Å². The number of non-ortho nitro benzene ring substituents is 1. The van der Waals surface area contributed by atoms with Gasteiger partial charge in [-0.3, -0.25) is 14.9 Å². The van der Waals surface area contributed by atoms with Gasteiger partial charge in [-0.1, -0.05) is 0 Å². The number of carbonyl (C=O) groups is 1. The van der Waals surface area contributed by atoms with E-state index in [0.29, 0.717) is 11.0 Å². The predicted octanol–water partition coefficient (Wildman–Crippen LogP) is 2.44. The highest BCUT2D eigenvalue weighted by molar-refractivity contribution is 5.96. The molecule has 2 heterocycles. The normalized spacial score (nSPS) is 11.2. The van der Waals surface area contributed by atoms with Gasteiger partial charge in [-0.05, 0) is 24.3 Å². The number of fused-ring (bicyclic) bond motifs is 1. The molecule has 0 aliphatic rings. The number of benzene rings is 1. The Labute approximate surface area is 130 Å². The highest BCUT2D eigenvalue weighted by Crippen LogP contribution is 2.24. The Kier molecular flexibility index (Phi) is 3.63. The van der Waals surface area contributed by atoms with Crippen LogP contribution in [-0.4, -0.2) is 21.6 Å². The SMILES string of the molecule is Cn1cccc1/C=N\NC(=O)c1cc2cc([N+](=O)[O-])ccc2o1. The molecule has 0 fully saturated rings. The van der Waals surface area contributed by atoms with Gasteiger partial charge in [-0.2, -0.15) is 5.10 Å². The molecule has 0 spiro atoms. The van der Waals surface area contributed by atoms with Crippen LogP contribution in [0, 0.1) is 10.1 Å². The van der Waals surface area contributed by atoms with Crippen molar-refractivity contribution in [1.29, 1.82) is 0 Å². The van der Waals surface area contributed by atoms with Gasteiger partial charge in [0.2, 0.25) is 0 Å². The summed E-state index contributed by atoms with van der Waals surface area (Å²) in [5.41, 5.74) is 3.51. The van der Waals surface area contributed by atoms with Gasteiger partial charge >= 0.3 is 5.91 Å². The van der Waals surface area contributed by atoms with E-state index in [1.165, 1.54) is 30.5 Å². The summed E-state index contributed by atoms with van der Waals surface area (Å²) in [6.45, 7) is 0. The van der Waals surface area contributed by atoms with Gasteiger partial charge < -0.3 is 8.98 Å². The third-order valence-corrected chi connectivity index (χ3v) is 3.28. The number of nitrogens with one attached hydrogen (secondary N) is 1. The number of furan rings is 1. The number of rotatable bonds is 4. The van der Waals surface area contributed by atoms with E-state index in [1.54, 1.807) is 0 Å². The summed E-state index contributed by atoms with van der Waals surface area (Å²) in [5.74, 6) is -0.501. The fourth-order valence-corrected chi connectivity index (χ4v) is 2.08. The number of hydrogen-bond donors (Lipinski definition) is 1. The molecule has 116 valence electrons. The van der Waals surface area contributed by atoms with Crippen molar-refractivity contribution in [2.24, 2.45) is 12.1 Å². The number of aryl methyl sites for hydroxylation is 1. The van der Waals surface area contributed by atoms with Crippen LogP contribution < -0.4 is 5.43 Å². The molecule has 2 aromatic heterocycles. The molecule has 3 rings (SSSR count). The molecule has 1 N–H and O–H groups in total. The lowest BCUT2D eigenvalue weighted by molar-refractivity contribution is -0.384. The molecule has 0 saturated heterocycles. The highest BCUT2D eigenvalue weighted by Gasteiger charge is 2.14. The topological polar surface area (TPSA) is 103 Å². The third kappa shape index (κ3) is 2.95. The van der Waals surface area contributed by atoms with E-state index in [2.05, 4.69) is 10.5 Å². The zero-order valence-corrected chi connectivity index (χ0v) is 12.1. The van der Waals surface area contributed by atoms with Gasteiger partial charge in [0, 0.05) is 30.8 Å². The van der Waals surface area contributed by atoms with Crippen LogP contribution in [0.15, 0.2) is 52.1 Å².